The van der Waals surface area contributed by atoms with Crippen molar-refractivity contribution in [3.63, 3.8) is 0 Å². The van der Waals surface area contributed by atoms with Crippen LogP contribution in [0.5, 0.6) is 0 Å². The molecular weight excluding hydrogens is 243 g/mol. The minimum atomic E-state index is -0.962. The van der Waals surface area contributed by atoms with Gasteiger partial charge in [0.15, 0.2) is 5.78 Å². The van der Waals surface area contributed by atoms with E-state index in [0.29, 0.717) is 11.1 Å². The van der Waals surface area contributed by atoms with Gasteiger partial charge in [-0.1, -0.05) is 18.2 Å². The third-order valence-corrected chi connectivity index (χ3v) is 2.87. The molecule has 1 heterocycles. The maximum absolute atomic E-state index is 13.5. The van der Waals surface area contributed by atoms with Gasteiger partial charge in [0.1, 0.15) is 11.7 Å². The molecule has 1 aromatic heterocycles. The summed E-state index contributed by atoms with van der Waals surface area (Å²) in [6.07, 6.45) is 3.03. The predicted molar refractivity (Wildman–Crippen MR) is 68.1 cm³/mol. The normalized spacial score (nSPS) is 11.6. The van der Waals surface area contributed by atoms with Crippen LogP contribution < -0.4 is 0 Å². The highest BCUT2D eigenvalue weighted by Crippen LogP contribution is 2.20. The van der Waals surface area contributed by atoms with Crippen LogP contribution in [0.4, 0.5) is 4.39 Å². The molecular formula is C15H11FN2O. The van der Waals surface area contributed by atoms with Gasteiger partial charge in [-0.05, 0) is 30.2 Å². The Balaban J connectivity index is 2.37. The maximum atomic E-state index is 13.5. The number of Topliss-reactive ketones (excluding diaryl/α,β-unsaturated/α-hetero) is 1. The largest absolute Gasteiger partial charge is 0.292 e. The van der Waals surface area contributed by atoms with E-state index >= 15 is 0 Å². The number of carbonyl (C=O) groups excluding carboxylic acids is 1. The van der Waals surface area contributed by atoms with E-state index in [-0.39, 0.29) is 5.56 Å². The minimum absolute atomic E-state index is 0.193. The van der Waals surface area contributed by atoms with Crippen molar-refractivity contribution < 1.29 is 9.18 Å². The summed E-state index contributed by atoms with van der Waals surface area (Å²) >= 11 is 0. The standard InChI is InChI=1S/C15H11FN2O/c1-10-4-5-11(7-14(10)16)15(19)13(8-17)12-3-2-6-18-9-12/h2-7,9,13H,1H3. The van der Waals surface area contributed by atoms with Crippen LogP contribution in [0.3, 0.4) is 0 Å². The predicted octanol–water partition coefficient (Wildman–Crippen LogP) is 3.02. The number of ketones is 1. The first-order valence-corrected chi connectivity index (χ1v) is 5.73. The lowest BCUT2D eigenvalue weighted by Gasteiger charge is -2.08. The molecule has 2 aromatic rings. The van der Waals surface area contributed by atoms with Crippen LogP contribution >= 0.6 is 0 Å². The fourth-order valence-electron chi connectivity index (χ4n) is 1.74. The molecule has 1 atom stereocenters. The molecule has 0 bridgehead atoms. The molecule has 0 spiro atoms. The molecule has 0 saturated carbocycles. The topological polar surface area (TPSA) is 53.8 Å². The van der Waals surface area contributed by atoms with Crippen molar-refractivity contribution in [2.24, 2.45) is 0 Å². The molecule has 0 N–H and O–H groups in total. The summed E-state index contributed by atoms with van der Waals surface area (Å²) in [4.78, 5) is 16.1. The zero-order chi connectivity index (χ0) is 13.8. The lowest BCUT2D eigenvalue weighted by molar-refractivity contribution is 0.0978. The Morgan fingerprint density at radius 2 is 2.21 bits per heavy atom. The van der Waals surface area contributed by atoms with E-state index in [9.17, 15) is 9.18 Å². The Morgan fingerprint density at radius 1 is 1.42 bits per heavy atom. The molecule has 4 heteroatoms. The number of nitrogens with zero attached hydrogens (tertiary/aromatic N) is 2. The van der Waals surface area contributed by atoms with E-state index < -0.39 is 17.5 Å². The highest BCUT2D eigenvalue weighted by Gasteiger charge is 2.22. The second kappa shape index (κ2) is 5.40. The molecule has 0 aliphatic heterocycles. The Kier molecular flexibility index (Phi) is 3.67. The van der Waals surface area contributed by atoms with Gasteiger partial charge in [0, 0.05) is 18.0 Å². The van der Waals surface area contributed by atoms with Crippen molar-refractivity contribution in [2.45, 2.75) is 12.8 Å². The molecule has 0 aliphatic carbocycles. The summed E-state index contributed by atoms with van der Waals surface area (Å²) in [5.74, 6) is -1.83. The van der Waals surface area contributed by atoms with E-state index in [1.54, 1.807) is 25.3 Å². The second-order valence-corrected chi connectivity index (χ2v) is 4.18. The smallest absolute Gasteiger partial charge is 0.184 e. The molecule has 0 fully saturated rings. The molecule has 0 amide bonds. The number of pyridine rings is 1. The molecule has 3 nitrogen and oxygen atoms in total. The zero-order valence-corrected chi connectivity index (χ0v) is 10.3. The molecule has 1 aromatic carbocycles. The van der Waals surface area contributed by atoms with Gasteiger partial charge in [-0.3, -0.25) is 9.78 Å². The summed E-state index contributed by atoms with van der Waals surface area (Å²) in [7, 11) is 0. The molecule has 1 unspecified atom stereocenters. The van der Waals surface area contributed by atoms with E-state index in [2.05, 4.69) is 4.98 Å². The quantitative estimate of drug-likeness (QED) is 0.791. The van der Waals surface area contributed by atoms with Crippen LogP contribution in [-0.2, 0) is 0 Å². The van der Waals surface area contributed by atoms with E-state index in [4.69, 9.17) is 5.26 Å². The second-order valence-electron chi connectivity index (χ2n) is 4.18. The third kappa shape index (κ3) is 2.66. The molecule has 19 heavy (non-hydrogen) atoms. The number of aromatic nitrogens is 1. The summed E-state index contributed by atoms with van der Waals surface area (Å²) < 4.78 is 13.5. The van der Waals surface area contributed by atoms with Crippen molar-refractivity contribution in [3.8, 4) is 6.07 Å². The van der Waals surface area contributed by atoms with Crippen LogP contribution in [-0.4, -0.2) is 10.8 Å². The first-order valence-electron chi connectivity index (χ1n) is 5.73. The maximum Gasteiger partial charge on any atom is 0.184 e. The third-order valence-electron chi connectivity index (χ3n) is 2.87. The van der Waals surface area contributed by atoms with Gasteiger partial charge in [-0.2, -0.15) is 5.26 Å². The number of benzene rings is 1. The summed E-state index contributed by atoms with van der Waals surface area (Å²) in [6, 6.07) is 9.47. The number of hydrogen-bond donors (Lipinski definition) is 0. The van der Waals surface area contributed by atoms with Crippen molar-refractivity contribution >= 4 is 5.78 Å². The highest BCUT2D eigenvalue weighted by molar-refractivity contribution is 6.02. The Morgan fingerprint density at radius 3 is 2.79 bits per heavy atom. The number of rotatable bonds is 3. The first kappa shape index (κ1) is 12.9. The molecule has 0 aliphatic rings. The van der Waals surface area contributed by atoms with Gasteiger partial charge in [-0.15, -0.1) is 0 Å². The van der Waals surface area contributed by atoms with Crippen molar-refractivity contribution in [1.82, 2.24) is 4.98 Å². The summed E-state index contributed by atoms with van der Waals surface area (Å²) in [5.41, 5.74) is 1.17. The van der Waals surface area contributed by atoms with Crippen LogP contribution in [0, 0.1) is 24.1 Å². The van der Waals surface area contributed by atoms with Gasteiger partial charge in [0.2, 0.25) is 0 Å². The molecule has 0 radical (unpaired) electrons. The summed E-state index contributed by atoms with van der Waals surface area (Å²) in [5, 5.41) is 9.14. The number of carbonyl (C=O) groups is 1. The Hall–Kier alpha value is -2.54. The highest BCUT2D eigenvalue weighted by atomic mass is 19.1. The van der Waals surface area contributed by atoms with E-state index in [0.717, 1.165) is 0 Å². The number of nitriles is 1. The van der Waals surface area contributed by atoms with Crippen LogP contribution in [0.2, 0.25) is 0 Å². The fraction of sp³-hybridized carbons (Fsp3) is 0.133. The number of halogens is 1. The van der Waals surface area contributed by atoms with Crippen molar-refractivity contribution in [1.29, 1.82) is 5.26 Å². The Labute approximate surface area is 110 Å². The number of aryl methyl sites for hydroxylation is 1. The monoisotopic (exact) mass is 254 g/mol. The Bertz CT molecular complexity index is 647. The van der Waals surface area contributed by atoms with Gasteiger partial charge >= 0.3 is 0 Å². The van der Waals surface area contributed by atoms with Crippen molar-refractivity contribution in [3.05, 3.63) is 65.2 Å². The number of hydrogen-bond acceptors (Lipinski definition) is 3. The van der Waals surface area contributed by atoms with Crippen LogP contribution in [0.15, 0.2) is 42.7 Å². The van der Waals surface area contributed by atoms with Crippen LogP contribution in [0.1, 0.15) is 27.4 Å². The van der Waals surface area contributed by atoms with Gasteiger partial charge in [0.25, 0.3) is 0 Å². The van der Waals surface area contributed by atoms with Gasteiger partial charge in [-0.25, -0.2) is 4.39 Å². The SMILES string of the molecule is Cc1ccc(C(=O)C(C#N)c2cccnc2)cc1F. The lowest BCUT2D eigenvalue weighted by atomic mass is 9.92. The van der Waals surface area contributed by atoms with Gasteiger partial charge in [0.05, 0.1) is 6.07 Å². The fourth-order valence-corrected chi connectivity index (χ4v) is 1.74. The van der Waals surface area contributed by atoms with E-state index in [1.807, 2.05) is 6.07 Å². The molecule has 0 saturated heterocycles. The van der Waals surface area contributed by atoms with E-state index in [1.165, 1.54) is 24.4 Å². The van der Waals surface area contributed by atoms with Crippen molar-refractivity contribution in [2.75, 3.05) is 0 Å². The average Bonchev–Trinajstić information content (AvgIpc) is 2.44. The molecule has 94 valence electrons. The van der Waals surface area contributed by atoms with Crippen LogP contribution in [0.25, 0.3) is 0 Å². The molecule has 2 rings (SSSR count). The zero-order valence-electron chi connectivity index (χ0n) is 10.3. The lowest BCUT2D eigenvalue weighted by Crippen LogP contribution is -2.12. The van der Waals surface area contributed by atoms with Gasteiger partial charge < -0.3 is 0 Å². The minimum Gasteiger partial charge on any atom is -0.292 e. The first-order chi connectivity index (χ1) is 9.13. The average molecular weight is 254 g/mol. The summed E-state index contributed by atoms with van der Waals surface area (Å²) in [6.45, 7) is 1.62.